The number of hydrogen-bond acceptors (Lipinski definition) is 3. The lowest BCUT2D eigenvalue weighted by atomic mass is 10.4. The van der Waals surface area contributed by atoms with Gasteiger partial charge in [-0.3, -0.25) is 4.79 Å². The van der Waals surface area contributed by atoms with Crippen LogP contribution in [0, 0.1) is 6.92 Å². The summed E-state index contributed by atoms with van der Waals surface area (Å²) < 4.78 is 1.95. The van der Waals surface area contributed by atoms with Gasteiger partial charge in [0.2, 0.25) is 5.91 Å². The van der Waals surface area contributed by atoms with Crippen LogP contribution < -0.4 is 0 Å². The van der Waals surface area contributed by atoms with Crippen molar-refractivity contribution in [2.75, 3.05) is 13.1 Å². The van der Waals surface area contributed by atoms with E-state index >= 15 is 0 Å². The number of halogens is 1. The molecular formula is C9H13BrN4O. The van der Waals surface area contributed by atoms with Gasteiger partial charge in [-0.2, -0.15) is 0 Å². The number of carbonyl (C=O) groups excluding carboxylic acids is 1. The number of carbonyl (C=O) groups is 1. The summed E-state index contributed by atoms with van der Waals surface area (Å²) in [6.07, 6.45) is 2.60. The van der Waals surface area contributed by atoms with E-state index in [4.69, 9.17) is 0 Å². The van der Waals surface area contributed by atoms with Gasteiger partial charge in [-0.1, -0.05) is 15.9 Å². The number of amides is 1. The first-order valence-corrected chi connectivity index (χ1v) is 5.87. The highest BCUT2D eigenvalue weighted by Crippen LogP contribution is 2.17. The summed E-state index contributed by atoms with van der Waals surface area (Å²) in [4.78, 5) is 13.5. The molecule has 0 spiro atoms. The molecule has 0 bridgehead atoms. The molecular weight excluding hydrogens is 260 g/mol. The fourth-order valence-corrected chi connectivity index (χ4v) is 2.18. The molecule has 1 aromatic heterocycles. The maximum Gasteiger partial charge on any atom is 0.236 e. The summed E-state index contributed by atoms with van der Waals surface area (Å²) in [5.74, 6) is 1.08. The van der Waals surface area contributed by atoms with Gasteiger partial charge in [0.05, 0.1) is 4.83 Å². The molecule has 2 heterocycles. The smallest absolute Gasteiger partial charge is 0.236 e. The number of alkyl halides is 1. The number of rotatable bonds is 3. The van der Waals surface area contributed by atoms with E-state index in [1.807, 2.05) is 16.4 Å². The Morgan fingerprint density at radius 1 is 1.60 bits per heavy atom. The van der Waals surface area contributed by atoms with E-state index in [1.165, 1.54) is 0 Å². The average Bonchev–Trinajstić information content (AvgIpc) is 2.74. The van der Waals surface area contributed by atoms with Gasteiger partial charge in [0.15, 0.2) is 0 Å². The zero-order chi connectivity index (χ0) is 10.8. The van der Waals surface area contributed by atoms with Crippen LogP contribution in [-0.2, 0) is 11.3 Å². The van der Waals surface area contributed by atoms with Crippen LogP contribution in [0.4, 0.5) is 0 Å². The largest absolute Gasteiger partial charge is 0.340 e. The number of likely N-dealkylation sites (tertiary alicyclic amines) is 1. The Morgan fingerprint density at radius 2 is 2.40 bits per heavy atom. The first-order valence-electron chi connectivity index (χ1n) is 4.96. The first-order chi connectivity index (χ1) is 7.18. The molecule has 82 valence electrons. The summed E-state index contributed by atoms with van der Waals surface area (Å²) in [5.41, 5.74) is 0. The van der Waals surface area contributed by atoms with Gasteiger partial charge < -0.3 is 9.47 Å². The third kappa shape index (κ3) is 2.19. The molecule has 1 aromatic rings. The Balaban J connectivity index is 1.89. The fourth-order valence-electron chi connectivity index (χ4n) is 1.68. The minimum Gasteiger partial charge on any atom is -0.340 e. The molecule has 1 amide bonds. The molecule has 1 fully saturated rings. The van der Waals surface area contributed by atoms with Gasteiger partial charge in [0.25, 0.3) is 0 Å². The maximum atomic E-state index is 11.6. The second-order valence-electron chi connectivity index (χ2n) is 3.65. The van der Waals surface area contributed by atoms with Gasteiger partial charge in [0, 0.05) is 19.6 Å². The van der Waals surface area contributed by atoms with Crippen molar-refractivity contribution < 1.29 is 4.79 Å². The van der Waals surface area contributed by atoms with Crippen LogP contribution in [0.5, 0.6) is 0 Å². The Labute approximate surface area is 96.6 Å². The lowest BCUT2D eigenvalue weighted by molar-refractivity contribution is -0.127. The highest BCUT2D eigenvalue weighted by molar-refractivity contribution is 9.10. The van der Waals surface area contributed by atoms with E-state index in [-0.39, 0.29) is 10.7 Å². The van der Waals surface area contributed by atoms with Crippen molar-refractivity contribution in [1.82, 2.24) is 19.7 Å². The van der Waals surface area contributed by atoms with Crippen molar-refractivity contribution in [1.29, 1.82) is 0 Å². The highest BCUT2D eigenvalue weighted by atomic mass is 79.9. The van der Waals surface area contributed by atoms with Crippen molar-refractivity contribution in [2.24, 2.45) is 0 Å². The lowest BCUT2D eigenvalue weighted by Crippen LogP contribution is -2.30. The van der Waals surface area contributed by atoms with E-state index in [9.17, 15) is 4.79 Å². The Hall–Kier alpha value is -0.910. The maximum absolute atomic E-state index is 11.6. The van der Waals surface area contributed by atoms with Crippen molar-refractivity contribution in [3.05, 3.63) is 12.2 Å². The van der Waals surface area contributed by atoms with Crippen LogP contribution in [0.25, 0.3) is 0 Å². The third-order valence-corrected chi connectivity index (χ3v) is 3.50. The Morgan fingerprint density at radius 3 is 2.93 bits per heavy atom. The van der Waals surface area contributed by atoms with Gasteiger partial charge in [-0.15, -0.1) is 10.2 Å². The standard InChI is InChI=1S/C9H13BrN4O/c1-7-12-11-6-14(7)5-4-13-3-2-8(10)9(13)15/h6,8H,2-5H2,1H3. The first kappa shape index (κ1) is 10.6. The topological polar surface area (TPSA) is 51.0 Å². The molecule has 0 N–H and O–H groups in total. The number of aryl methyl sites for hydroxylation is 1. The fraction of sp³-hybridized carbons (Fsp3) is 0.667. The molecule has 5 nitrogen and oxygen atoms in total. The zero-order valence-corrected chi connectivity index (χ0v) is 10.1. The van der Waals surface area contributed by atoms with E-state index in [0.29, 0.717) is 0 Å². The predicted octanol–water partition coefficient (Wildman–Crippen LogP) is 0.582. The average molecular weight is 273 g/mol. The van der Waals surface area contributed by atoms with E-state index in [0.717, 1.165) is 31.9 Å². The number of nitrogens with zero attached hydrogens (tertiary/aromatic N) is 4. The second kappa shape index (κ2) is 4.30. The molecule has 1 aliphatic rings. The van der Waals surface area contributed by atoms with Gasteiger partial charge in [0.1, 0.15) is 12.2 Å². The second-order valence-corrected chi connectivity index (χ2v) is 4.76. The van der Waals surface area contributed by atoms with Crippen molar-refractivity contribution in [2.45, 2.75) is 24.7 Å². The van der Waals surface area contributed by atoms with Crippen LogP contribution in [-0.4, -0.2) is 43.5 Å². The van der Waals surface area contributed by atoms with Gasteiger partial charge >= 0.3 is 0 Å². The summed E-state index contributed by atoms with van der Waals surface area (Å²) in [6.45, 7) is 4.26. The zero-order valence-electron chi connectivity index (χ0n) is 8.56. The summed E-state index contributed by atoms with van der Waals surface area (Å²) in [5, 5.41) is 7.70. The lowest BCUT2D eigenvalue weighted by Gasteiger charge is -2.16. The normalized spacial score (nSPS) is 21.3. The third-order valence-electron chi connectivity index (χ3n) is 2.65. The monoisotopic (exact) mass is 272 g/mol. The van der Waals surface area contributed by atoms with Gasteiger partial charge in [-0.05, 0) is 13.3 Å². The molecule has 1 aliphatic heterocycles. The predicted molar refractivity (Wildman–Crippen MR) is 58.7 cm³/mol. The molecule has 2 rings (SSSR count). The van der Waals surface area contributed by atoms with Crippen LogP contribution in [0.2, 0.25) is 0 Å². The summed E-state index contributed by atoms with van der Waals surface area (Å²) >= 11 is 3.35. The van der Waals surface area contributed by atoms with E-state index in [2.05, 4.69) is 26.1 Å². The molecule has 6 heteroatoms. The van der Waals surface area contributed by atoms with E-state index in [1.54, 1.807) is 6.33 Å². The molecule has 15 heavy (non-hydrogen) atoms. The molecule has 0 aliphatic carbocycles. The summed E-state index contributed by atoms with van der Waals surface area (Å²) in [6, 6.07) is 0. The number of aromatic nitrogens is 3. The van der Waals surface area contributed by atoms with Crippen molar-refractivity contribution in [3.8, 4) is 0 Å². The molecule has 0 aromatic carbocycles. The highest BCUT2D eigenvalue weighted by Gasteiger charge is 2.28. The molecule has 0 saturated carbocycles. The van der Waals surface area contributed by atoms with Crippen LogP contribution >= 0.6 is 15.9 Å². The Kier molecular flexibility index (Phi) is 3.04. The minimum atomic E-state index is 0.0134. The Bertz CT molecular complexity index is 365. The van der Waals surface area contributed by atoms with Crippen molar-refractivity contribution in [3.63, 3.8) is 0 Å². The minimum absolute atomic E-state index is 0.0134. The molecule has 1 unspecified atom stereocenters. The number of hydrogen-bond donors (Lipinski definition) is 0. The van der Waals surface area contributed by atoms with Crippen LogP contribution in [0.15, 0.2) is 6.33 Å². The van der Waals surface area contributed by atoms with Crippen molar-refractivity contribution >= 4 is 21.8 Å². The van der Waals surface area contributed by atoms with Crippen LogP contribution in [0.3, 0.4) is 0 Å². The van der Waals surface area contributed by atoms with E-state index < -0.39 is 0 Å². The SMILES string of the molecule is Cc1nncn1CCN1CCC(Br)C1=O. The molecule has 0 radical (unpaired) electrons. The van der Waals surface area contributed by atoms with Gasteiger partial charge in [-0.25, -0.2) is 0 Å². The molecule has 1 atom stereocenters. The van der Waals surface area contributed by atoms with Crippen LogP contribution in [0.1, 0.15) is 12.2 Å². The quantitative estimate of drug-likeness (QED) is 0.757. The molecule has 1 saturated heterocycles. The summed E-state index contributed by atoms with van der Waals surface area (Å²) in [7, 11) is 0.